The van der Waals surface area contributed by atoms with Gasteiger partial charge in [0.05, 0.1) is 5.41 Å². The number of aliphatic hydroxyl groups is 1. The van der Waals surface area contributed by atoms with Crippen molar-refractivity contribution in [3.05, 3.63) is 0 Å². The Morgan fingerprint density at radius 2 is 2.00 bits per heavy atom. The van der Waals surface area contributed by atoms with Gasteiger partial charge in [-0.2, -0.15) is 0 Å². The van der Waals surface area contributed by atoms with Gasteiger partial charge in [-0.15, -0.1) is 0 Å². The van der Waals surface area contributed by atoms with Gasteiger partial charge in [0.1, 0.15) is 6.04 Å². The highest BCUT2D eigenvalue weighted by Crippen LogP contribution is 2.29. The number of amides is 1. The van der Waals surface area contributed by atoms with Gasteiger partial charge in [-0.3, -0.25) is 4.79 Å². The molecule has 0 aromatic carbocycles. The molecule has 0 bridgehead atoms. The molecule has 1 fully saturated rings. The van der Waals surface area contributed by atoms with E-state index in [2.05, 4.69) is 5.32 Å². The SMILES string of the molecule is NCC1(C(=O)NC(CCO)C(=O)O)CCOCC1. The molecule has 7 heteroatoms. The third-order valence-corrected chi connectivity index (χ3v) is 3.34. The first-order valence-electron chi connectivity index (χ1n) is 5.98. The zero-order valence-electron chi connectivity index (χ0n) is 10.2. The number of carboxylic acids is 1. The van der Waals surface area contributed by atoms with Crippen molar-refractivity contribution in [1.82, 2.24) is 5.32 Å². The molecule has 1 aliphatic rings. The van der Waals surface area contributed by atoms with Crippen molar-refractivity contribution >= 4 is 11.9 Å². The van der Waals surface area contributed by atoms with Crippen LogP contribution in [-0.4, -0.2) is 54.5 Å². The van der Waals surface area contributed by atoms with Gasteiger partial charge in [0.2, 0.25) is 5.91 Å². The molecule has 0 radical (unpaired) electrons. The van der Waals surface area contributed by atoms with Crippen LogP contribution in [0, 0.1) is 5.41 Å². The van der Waals surface area contributed by atoms with E-state index in [0.717, 1.165) is 0 Å². The van der Waals surface area contributed by atoms with E-state index in [9.17, 15) is 9.59 Å². The first kappa shape index (κ1) is 14.9. The van der Waals surface area contributed by atoms with Crippen molar-refractivity contribution < 1.29 is 24.5 Å². The summed E-state index contributed by atoms with van der Waals surface area (Å²) in [6, 6.07) is -1.08. The van der Waals surface area contributed by atoms with Crippen molar-refractivity contribution in [3.8, 4) is 0 Å². The molecule has 0 aromatic heterocycles. The van der Waals surface area contributed by atoms with E-state index in [1.165, 1.54) is 0 Å². The molecular formula is C11H20N2O5. The highest BCUT2D eigenvalue weighted by Gasteiger charge is 2.40. The van der Waals surface area contributed by atoms with Gasteiger partial charge in [-0.25, -0.2) is 4.79 Å². The molecule has 1 saturated heterocycles. The molecule has 104 valence electrons. The molecule has 1 heterocycles. The van der Waals surface area contributed by atoms with Gasteiger partial charge < -0.3 is 26.0 Å². The predicted octanol–water partition coefficient (Wildman–Crippen LogP) is -1.31. The number of hydrogen-bond donors (Lipinski definition) is 4. The smallest absolute Gasteiger partial charge is 0.326 e. The molecule has 1 aliphatic heterocycles. The summed E-state index contributed by atoms with van der Waals surface area (Å²) >= 11 is 0. The van der Waals surface area contributed by atoms with Crippen molar-refractivity contribution in [1.29, 1.82) is 0 Å². The minimum atomic E-state index is -1.16. The largest absolute Gasteiger partial charge is 0.480 e. The molecule has 0 aliphatic carbocycles. The molecule has 1 amide bonds. The number of aliphatic carboxylic acids is 1. The van der Waals surface area contributed by atoms with Crippen LogP contribution in [0.4, 0.5) is 0 Å². The van der Waals surface area contributed by atoms with E-state index >= 15 is 0 Å². The molecule has 0 saturated carbocycles. The average molecular weight is 260 g/mol. The second-order valence-electron chi connectivity index (χ2n) is 4.47. The molecule has 1 unspecified atom stereocenters. The summed E-state index contributed by atoms with van der Waals surface area (Å²) < 4.78 is 5.18. The quantitative estimate of drug-likeness (QED) is 0.470. The average Bonchev–Trinajstić information content (AvgIpc) is 2.38. The van der Waals surface area contributed by atoms with Crippen molar-refractivity contribution in [2.24, 2.45) is 11.1 Å². The lowest BCUT2D eigenvalue weighted by molar-refractivity contribution is -0.146. The lowest BCUT2D eigenvalue weighted by Gasteiger charge is -2.35. The standard InChI is InChI=1S/C11H20N2O5/c12-7-11(2-5-18-6-3-11)10(17)13-8(1-4-14)9(15)16/h8,14H,1-7,12H2,(H,13,17)(H,15,16). The van der Waals surface area contributed by atoms with Gasteiger partial charge in [-0.1, -0.05) is 0 Å². The molecule has 1 atom stereocenters. The Kier molecular flexibility index (Phi) is 5.52. The molecule has 0 spiro atoms. The van der Waals surface area contributed by atoms with Gasteiger partial charge in [0.25, 0.3) is 0 Å². The fourth-order valence-electron chi connectivity index (χ4n) is 1.98. The van der Waals surface area contributed by atoms with Crippen LogP contribution in [-0.2, 0) is 14.3 Å². The molecular weight excluding hydrogens is 240 g/mol. The number of ether oxygens (including phenoxy) is 1. The third-order valence-electron chi connectivity index (χ3n) is 3.34. The first-order chi connectivity index (χ1) is 8.55. The third kappa shape index (κ3) is 3.41. The number of nitrogens with one attached hydrogen (secondary N) is 1. The molecule has 18 heavy (non-hydrogen) atoms. The van der Waals surface area contributed by atoms with E-state index in [-0.39, 0.29) is 25.5 Å². The summed E-state index contributed by atoms with van der Waals surface area (Å²) in [5.74, 6) is -1.52. The molecule has 5 N–H and O–H groups in total. The van der Waals surface area contributed by atoms with Gasteiger partial charge >= 0.3 is 5.97 Å². The van der Waals surface area contributed by atoms with E-state index in [0.29, 0.717) is 26.1 Å². The zero-order valence-corrected chi connectivity index (χ0v) is 10.2. The Labute approximate surface area is 105 Å². The summed E-state index contributed by atoms with van der Waals surface area (Å²) in [6.07, 6.45) is 0.958. The van der Waals surface area contributed by atoms with Crippen LogP contribution in [0.25, 0.3) is 0 Å². The van der Waals surface area contributed by atoms with Crippen LogP contribution in [0.5, 0.6) is 0 Å². The number of rotatable bonds is 6. The molecule has 1 rings (SSSR count). The number of carbonyl (C=O) groups excluding carboxylic acids is 1. The highest BCUT2D eigenvalue weighted by atomic mass is 16.5. The van der Waals surface area contributed by atoms with Gasteiger partial charge in [0, 0.05) is 32.8 Å². The molecule has 0 aromatic rings. The van der Waals surface area contributed by atoms with Crippen LogP contribution in [0.15, 0.2) is 0 Å². The van der Waals surface area contributed by atoms with Crippen molar-refractivity contribution in [3.63, 3.8) is 0 Å². The van der Waals surface area contributed by atoms with E-state index in [1.807, 2.05) is 0 Å². The maximum Gasteiger partial charge on any atom is 0.326 e. The predicted molar refractivity (Wildman–Crippen MR) is 62.8 cm³/mol. The second kappa shape index (κ2) is 6.67. The first-order valence-corrected chi connectivity index (χ1v) is 5.98. The van der Waals surface area contributed by atoms with Gasteiger partial charge in [0.15, 0.2) is 0 Å². The summed E-state index contributed by atoms with van der Waals surface area (Å²) in [7, 11) is 0. The number of nitrogens with two attached hydrogens (primary N) is 1. The van der Waals surface area contributed by atoms with Crippen LogP contribution in [0.3, 0.4) is 0 Å². The van der Waals surface area contributed by atoms with Crippen LogP contribution < -0.4 is 11.1 Å². The highest BCUT2D eigenvalue weighted by molar-refractivity contribution is 5.87. The fraction of sp³-hybridized carbons (Fsp3) is 0.818. The number of carboxylic acid groups (broad SMARTS) is 1. The Hall–Kier alpha value is -1.18. The molecule has 7 nitrogen and oxygen atoms in total. The van der Waals surface area contributed by atoms with Crippen LogP contribution >= 0.6 is 0 Å². The summed E-state index contributed by atoms with van der Waals surface area (Å²) in [5.41, 5.74) is 4.90. The number of carbonyl (C=O) groups is 2. The van der Waals surface area contributed by atoms with E-state index in [4.69, 9.17) is 20.7 Å². The lowest BCUT2D eigenvalue weighted by atomic mass is 9.79. The maximum absolute atomic E-state index is 12.1. The normalized spacial score (nSPS) is 20.1. The monoisotopic (exact) mass is 260 g/mol. The van der Waals surface area contributed by atoms with Crippen molar-refractivity contribution in [2.45, 2.75) is 25.3 Å². The van der Waals surface area contributed by atoms with E-state index in [1.54, 1.807) is 0 Å². The summed E-state index contributed by atoms with van der Waals surface area (Å²) in [4.78, 5) is 23.1. The van der Waals surface area contributed by atoms with Crippen molar-refractivity contribution in [2.75, 3.05) is 26.4 Å². The minimum absolute atomic E-state index is 0.0157. The number of aliphatic hydroxyl groups excluding tert-OH is 1. The summed E-state index contributed by atoms with van der Waals surface area (Å²) in [5, 5.41) is 20.1. The Morgan fingerprint density at radius 3 is 2.44 bits per heavy atom. The Morgan fingerprint density at radius 1 is 1.39 bits per heavy atom. The van der Waals surface area contributed by atoms with E-state index < -0.39 is 17.4 Å². The second-order valence-corrected chi connectivity index (χ2v) is 4.47. The topological polar surface area (TPSA) is 122 Å². The van der Waals surface area contributed by atoms with Gasteiger partial charge in [-0.05, 0) is 12.8 Å². The zero-order chi connectivity index (χ0) is 13.6. The maximum atomic E-state index is 12.1. The minimum Gasteiger partial charge on any atom is -0.480 e. The van der Waals surface area contributed by atoms with Crippen LogP contribution in [0.2, 0.25) is 0 Å². The number of hydrogen-bond acceptors (Lipinski definition) is 5. The lowest BCUT2D eigenvalue weighted by Crippen LogP contribution is -2.53. The Bertz CT molecular complexity index is 302. The Balaban J connectivity index is 2.68. The van der Waals surface area contributed by atoms with Crippen LogP contribution in [0.1, 0.15) is 19.3 Å². The fourth-order valence-corrected chi connectivity index (χ4v) is 1.98. The summed E-state index contributed by atoms with van der Waals surface area (Å²) in [6.45, 7) is 0.758.